The van der Waals surface area contributed by atoms with E-state index in [1.54, 1.807) is 29.6 Å². The van der Waals surface area contributed by atoms with Crippen LogP contribution < -0.4 is 5.56 Å². The van der Waals surface area contributed by atoms with Crippen LogP contribution in [0.1, 0.15) is 38.7 Å². The number of hydrogen-bond acceptors (Lipinski definition) is 4. The van der Waals surface area contributed by atoms with E-state index in [-0.39, 0.29) is 16.7 Å². The minimum absolute atomic E-state index is 0.0175. The van der Waals surface area contributed by atoms with Gasteiger partial charge in [0.25, 0.3) is 5.56 Å². The molecule has 2 aromatic carbocycles. The standard InChI is InChI=1S/C23H27N3O2S/c1-6-15(2)17-11-13-18(14-12-17)26-22(28)19-9-7-8-10-20(19)24-23(26)29-16(3)21(27)25(4)5/h7-16H,6H2,1-5H3/t15-,16+/m1/s1. The highest BCUT2D eigenvalue weighted by Crippen LogP contribution is 2.27. The lowest BCUT2D eigenvalue weighted by molar-refractivity contribution is -0.127. The predicted octanol–water partition coefficient (Wildman–Crippen LogP) is 4.47. The van der Waals surface area contributed by atoms with Gasteiger partial charge in [-0.1, -0.05) is 49.9 Å². The molecule has 0 saturated heterocycles. The fourth-order valence-corrected chi connectivity index (χ4v) is 4.25. The van der Waals surface area contributed by atoms with Gasteiger partial charge < -0.3 is 4.90 Å². The fraction of sp³-hybridized carbons (Fsp3) is 0.348. The highest BCUT2D eigenvalue weighted by atomic mass is 32.2. The van der Waals surface area contributed by atoms with Gasteiger partial charge in [-0.25, -0.2) is 4.98 Å². The van der Waals surface area contributed by atoms with Gasteiger partial charge in [-0.15, -0.1) is 0 Å². The SMILES string of the molecule is CC[C@@H](C)c1ccc(-n2c(S[C@@H](C)C(=O)N(C)C)nc3ccccc3c2=O)cc1. The molecule has 0 fully saturated rings. The van der Waals surface area contributed by atoms with Crippen molar-refractivity contribution in [1.29, 1.82) is 0 Å². The van der Waals surface area contributed by atoms with E-state index in [0.29, 0.717) is 22.0 Å². The number of carbonyl (C=O) groups is 1. The van der Waals surface area contributed by atoms with Gasteiger partial charge in [0.1, 0.15) is 0 Å². The molecule has 1 heterocycles. The van der Waals surface area contributed by atoms with Gasteiger partial charge in [-0.2, -0.15) is 0 Å². The Hall–Kier alpha value is -2.60. The molecule has 0 aliphatic rings. The van der Waals surface area contributed by atoms with Crippen molar-refractivity contribution in [1.82, 2.24) is 14.5 Å². The van der Waals surface area contributed by atoms with Crippen molar-refractivity contribution in [3.05, 3.63) is 64.4 Å². The van der Waals surface area contributed by atoms with Crippen LogP contribution >= 0.6 is 11.8 Å². The molecule has 0 N–H and O–H groups in total. The average Bonchev–Trinajstić information content (AvgIpc) is 2.73. The highest BCUT2D eigenvalue weighted by molar-refractivity contribution is 8.00. The Morgan fingerprint density at radius 2 is 1.76 bits per heavy atom. The van der Waals surface area contributed by atoms with Gasteiger partial charge in [0.05, 0.1) is 21.8 Å². The topological polar surface area (TPSA) is 55.2 Å². The summed E-state index contributed by atoms with van der Waals surface area (Å²) in [6.07, 6.45) is 1.06. The molecule has 5 nitrogen and oxygen atoms in total. The number of carbonyl (C=O) groups excluding carboxylic acids is 1. The Morgan fingerprint density at radius 3 is 2.38 bits per heavy atom. The van der Waals surface area contributed by atoms with E-state index < -0.39 is 0 Å². The first-order valence-corrected chi connectivity index (χ1v) is 10.7. The van der Waals surface area contributed by atoms with Gasteiger partial charge >= 0.3 is 0 Å². The quantitative estimate of drug-likeness (QED) is 0.445. The first kappa shape index (κ1) is 21.1. The van der Waals surface area contributed by atoms with Crippen LogP contribution in [0.5, 0.6) is 0 Å². The first-order chi connectivity index (χ1) is 13.8. The third kappa shape index (κ3) is 4.37. The number of amides is 1. The second kappa shape index (κ2) is 8.82. The van der Waals surface area contributed by atoms with Gasteiger partial charge in [-0.3, -0.25) is 14.2 Å². The van der Waals surface area contributed by atoms with Gasteiger partial charge in [0.15, 0.2) is 5.16 Å². The minimum atomic E-state index is -0.358. The first-order valence-electron chi connectivity index (χ1n) is 9.83. The number of fused-ring (bicyclic) bond motifs is 1. The molecule has 0 bridgehead atoms. The molecule has 0 unspecified atom stereocenters. The van der Waals surface area contributed by atoms with Crippen molar-refractivity contribution in [3.8, 4) is 5.69 Å². The van der Waals surface area contributed by atoms with E-state index in [2.05, 4.69) is 26.0 Å². The molecule has 152 valence electrons. The molecule has 2 atom stereocenters. The highest BCUT2D eigenvalue weighted by Gasteiger charge is 2.21. The third-order valence-corrected chi connectivity index (χ3v) is 6.19. The number of benzene rings is 2. The summed E-state index contributed by atoms with van der Waals surface area (Å²) in [4.78, 5) is 32.0. The maximum Gasteiger partial charge on any atom is 0.266 e. The molecule has 0 aliphatic heterocycles. The monoisotopic (exact) mass is 409 g/mol. The Bertz CT molecular complexity index is 1070. The Balaban J connectivity index is 2.14. The normalized spacial score (nSPS) is 13.3. The number of rotatable bonds is 6. The molecular weight excluding hydrogens is 382 g/mol. The maximum atomic E-state index is 13.3. The second-order valence-corrected chi connectivity index (χ2v) is 8.75. The zero-order valence-corrected chi connectivity index (χ0v) is 18.4. The van der Waals surface area contributed by atoms with Crippen molar-refractivity contribution in [2.24, 2.45) is 0 Å². The van der Waals surface area contributed by atoms with Crippen molar-refractivity contribution in [2.45, 2.75) is 43.5 Å². The second-order valence-electron chi connectivity index (χ2n) is 7.45. The van der Waals surface area contributed by atoms with E-state index in [1.807, 2.05) is 37.3 Å². The van der Waals surface area contributed by atoms with Crippen molar-refractivity contribution >= 4 is 28.6 Å². The fourth-order valence-electron chi connectivity index (χ4n) is 3.18. The summed E-state index contributed by atoms with van der Waals surface area (Å²) < 4.78 is 1.62. The Kier molecular flexibility index (Phi) is 6.42. The summed E-state index contributed by atoms with van der Waals surface area (Å²) in [6.45, 7) is 6.19. The molecule has 0 radical (unpaired) electrons. The summed E-state index contributed by atoms with van der Waals surface area (Å²) in [5, 5.41) is 0.728. The molecule has 3 rings (SSSR count). The summed E-state index contributed by atoms with van der Waals surface area (Å²) in [5.41, 5.74) is 2.51. The van der Waals surface area contributed by atoms with Crippen molar-refractivity contribution in [2.75, 3.05) is 14.1 Å². The van der Waals surface area contributed by atoms with Crippen LogP contribution in [0.4, 0.5) is 0 Å². The zero-order chi connectivity index (χ0) is 21.1. The number of para-hydroxylation sites is 1. The molecule has 0 aliphatic carbocycles. The summed E-state index contributed by atoms with van der Waals surface area (Å²) in [5.74, 6) is 0.443. The van der Waals surface area contributed by atoms with Crippen molar-refractivity contribution < 1.29 is 4.79 Å². The van der Waals surface area contributed by atoms with Crippen LogP contribution in [-0.2, 0) is 4.79 Å². The maximum absolute atomic E-state index is 13.3. The molecule has 0 spiro atoms. The predicted molar refractivity (Wildman–Crippen MR) is 120 cm³/mol. The van der Waals surface area contributed by atoms with E-state index in [9.17, 15) is 9.59 Å². The van der Waals surface area contributed by atoms with Crippen LogP contribution in [0.3, 0.4) is 0 Å². The molecule has 1 amide bonds. The number of hydrogen-bond donors (Lipinski definition) is 0. The van der Waals surface area contributed by atoms with E-state index in [4.69, 9.17) is 4.98 Å². The van der Waals surface area contributed by atoms with Gasteiger partial charge in [-0.05, 0) is 49.1 Å². The van der Waals surface area contributed by atoms with E-state index in [0.717, 1.165) is 12.1 Å². The van der Waals surface area contributed by atoms with Crippen molar-refractivity contribution in [3.63, 3.8) is 0 Å². The summed E-state index contributed by atoms with van der Waals surface area (Å²) >= 11 is 1.31. The largest absolute Gasteiger partial charge is 0.348 e. The minimum Gasteiger partial charge on any atom is -0.348 e. The van der Waals surface area contributed by atoms with Gasteiger partial charge in [0, 0.05) is 14.1 Å². The smallest absolute Gasteiger partial charge is 0.266 e. The van der Waals surface area contributed by atoms with Crippen LogP contribution in [0.25, 0.3) is 16.6 Å². The number of thioether (sulfide) groups is 1. The molecule has 6 heteroatoms. The van der Waals surface area contributed by atoms with Crippen LogP contribution in [0.2, 0.25) is 0 Å². The molecule has 0 saturated carbocycles. The lowest BCUT2D eigenvalue weighted by atomic mass is 9.98. The number of aromatic nitrogens is 2. The average molecular weight is 410 g/mol. The third-order valence-electron chi connectivity index (χ3n) is 5.15. The Morgan fingerprint density at radius 1 is 1.10 bits per heavy atom. The Labute approximate surface area is 175 Å². The number of nitrogens with zero attached hydrogens (tertiary/aromatic N) is 3. The lowest BCUT2D eigenvalue weighted by Crippen LogP contribution is -2.31. The molecule has 3 aromatic rings. The summed E-state index contributed by atoms with van der Waals surface area (Å²) in [7, 11) is 3.46. The molecular formula is C23H27N3O2S. The van der Waals surface area contributed by atoms with E-state index in [1.165, 1.54) is 17.3 Å². The van der Waals surface area contributed by atoms with Crippen LogP contribution in [-0.4, -0.2) is 39.7 Å². The summed E-state index contributed by atoms with van der Waals surface area (Å²) in [6, 6.07) is 15.4. The lowest BCUT2D eigenvalue weighted by Gasteiger charge is -2.19. The van der Waals surface area contributed by atoms with Crippen LogP contribution in [0.15, 0.2) is 58.5 Å². The van der Waals surface area contributed by atoms with E-state index >= 15 is 0 Å². The zero-order valence-electron chi connectivity index (χ0n) is 17.5. The van der Waals surface area contributed by atoms with Gasteiger partial charge in [0.2, 0.25) is 5.91 Å². The molecule has 1 aromatic heterocycles. The molecule has 29 heavy (non-hydrogen) atoms. The van der Waals surface area contributed by atoms with Crippen LogP contribution in [0, 0.1) is 0 Å².